The molecule has 0 aromatic carbocycles. The molecule has 2 aliphatic rings. The van der Waals surface area contributed by atoms with E-state index in [2.05, 4.69) is 11.1 Å². The maximum absolute atomic E-state index is 12.7. The van der Waals surface area contributed by atoms with Gasteiger partial charge in [0.05, 0.1) is 5.52 Å². The lowest BCUT2D eigenvalue weighted by Crippen LogP contribution is -2.35. The van der Waals surface area contributed by atoms with Crippen LogP contribution < -0.4 is 0 Å². The lowest BCUT2D eigenvalue weighted by molar-refractivity contribution is 0.0695. The molecule has 2 aromatic heterocycles. The highest BCUT2D eigenvalue weighted by molar-refractivity contribution is 6.04. The zero-order valence-electron chi connectivity index (χ0n) is 12.0. The van der Waals surface area contributed by atoms with Gasteiger partial charge in [0.15, 0.2) is 5.58 Å². The van der Waals surface area contributed by atoms with Crippen LogP contribution in [0.5, 0.6) is 0 Å². The van der Waals surface area contributed by atoms with Crippen LogP contribution in [0.3, 0.4) is 0 Å². The number of carbonyl (C=O) groups is 2. The van der Waals surface area contributed by atoms with Gasteiger partial charge in [-0.05, 0) is 24.7 Å². The van der Waals surface area contributed by atoms with Crippen molar-refractivity contribution in [3.05, 3.63) is 35.7 Å². The van der Waals surface area contributed by atoms with Crippen LogP contribution in [-0.4, -0.2) is 40.0 Å². The van der Waals surface area contributed by atoms with Gasteiger partial charge in [0, 0.05) is 19.2 Å². The topological polar surface area (TPSA) is 86.5 Å². The quantitative estimate of drug-likeness (QED) is 0.835. The minimum absolute atomic E-state index is 0.0449. The first kappa shape index (κ1) is 13.2. The number of carboxylic acid groups (broad SMARTS) is 1. The van der Waals surface area contributed by atoms with Crippen LogP contribution in [0.25, 0.3) is 11.1 Å². The number of aromatic carboxylic acids is 1. The Bertz CT molecular complexity index is 794. The number of hydrogen-bond donors (Lipinski definition) is 2. The molecule has 4 rings (SSSR count). The molecule has 1 aliphatic carbocycles. The summed E-state index contributed by atoms with van der Waals surface area (Å²) in [4.78, 5) is 28.5. The van der Waals surface area contributed by atoms with Crippen LogP contribution in [0.4, 0.5) is 0 Å². The molecule has 3 heterocycles. The maximum atomic E-state index is 12.7. The summed E-state index contributed by atoms with van der Waals surface area (Å²) >= 11 is 0. The average molecular weight is 300 g/mol. The van der Waals surface area contributed by atoms with Crippen molar-refractivity contribution in [2.75, 3.05) is 13.1 Å². The van der Waals surface area contributed by atoms with Crippen molar-refractivity contribution in [2.45, 2.75) is 19.3 Å². The Morgan fingerprint density at radius 2 is 2.14 bits per heavy atom. The highest BCUT2D eigenvalue weighted by atomic mass is 16.4. The lowest BCUT2D eigenvalue weighted by atomic mass is 10.0. The fourth-order valence-corrected chi connectivity index (χ4v) is 3.12. The standard InChI is InChI=1S/C16H16N2O4/c19-14(18-6-2-1-3-16(9-18)4-5-16)11-7-12-13(17-11)10(8-22-12)15(20)21/h1-2,7-8,17H,3-6,9H2,(H,20,21). The van der Waals surface area contributed by atoms with E-state index in [-0.39, 0.29) is 16.9 Å². The number of rotatable bonds is 2. The zero-order chi connectivity index (χ0) is 15.3. The molecule has 0 saturated heterocycles. The second-order valence-corrected chi connectivity index (χ2v) is 6.24. The Balaban J connectivity index is 1.64. The first-order valence-corrected chi connectivity index (χ1v) is 7.36. The first-order valence-electron chi connectivity index (χ1n) is 7.36. The van der Waals surface area contributed by atoms with E-state index in [4.69, 9.17) is 9.52 Å². The maximum Gasteiger partial charge on any atom is 0.341 e. The highest BCUT2D eigenvalue weighted by Crippen LogP contribution is 2.50. The normalized spacial score (nSPS) is 19.5. The number of allylic oxidation sites excluding steroid dienone is 1. The molecule has 6 heteroatoms. The van der Waals surface area contributed by atoms with Gasteiger partial charge >= 0.3 is 5.97 Å². The van der Waals surface area contributed by atoms with E-state index in [0.717, 1.165) is 25.8 Å². The Kier molecular flexibility index (Phi) is 2.69. The number of amides is 1. The molecule has 2 N–H and O–H groups in total. The van der Waals surface area contributed by atoms with Gasteiger partial charge in [-0.1, -0.05) is 12.2 Å². The van der Waals surface area contributed by atoms with Crippen molar-refractivity contribution < 1.29 is 19.1 Å². The van der Waals surface area contributed by atoms with E-state index < -0.39 is 5.97 Å². The number of nitrogens with one attached hydrogen (secondary N) is 1. The Morgan fingerprint density at radius 1 is 1.32 bits per heavy atom. The number of aromatic nitrogens is 1. The number of carbonyl (C=O) groups excluding carboxylic acids is 1. The van der Waals surface area contributed by atoms with E-state index in [1.807, 2.05) is 11.0 Å². The number of H-pyrrole nitrogens is 1. The summed E-state index contributed by atoms with van der Waals surface area (Å²) in [6.07, 6.45) is 8.73. The Labute approximate surface area is 126 Å². The van der Waals surface area contributed by atoms with E-state index in [1.165, 1.54) is 6.26 Å². The van der Waals surface area contributed by atoms with E-state index in [0.29, 0.717) is 23.3 Å². The number of furan rings is 1. The van der Waals surface area contributed by atoms with Gasteiger partial charge < -0.3 is 19.4 Å². The predicted molar refractivity (Wildman–Crippen MR) is 78.9 cm³/mol. The third-order valence-electron chi connectivity index (χ3n) is 4.63. The number of nitrogens with zero attached hydrogens (tertiary/aromatic N) is 1. The molecule has 0 bridgehead atoms. The number of fused-ring (bicyclic) bond motifs is 1. The number of aromatic amines is 1. The van der Waals surface area contributed by atoms with Gasteiger partial charge in [-0.3, -0.25) is 4.79 Å². The van der Waals surface area contributed by atoms with Crippen LogP contribution >= 0.6 is 0 Å². The minimum Gasteiger partial charge on any atom is -0.477 e. The third kappa shape index (κ3) is 2.03. The molecule has 114 valence electrons. The smallest absolute Gasteiger partial charge is 0.341 e. The molecule has 0 radical (unpaired) electrons. The molecule has 0 unspecified atom stereocenters. The summed E-state index contributed by atoms with van der Waals surface area (Å²) in [7, 11) is 0. The number of carboxylic acids is 1. The molecule has 1 fully saturated rings. The summed E-state index contributed by atoms with van der Waals surface area (Å²) in [6.45, 7) is 1.34. The molecule has 1 saturated carbocycles. The molecular weight excluding hydrogens is 284 g/mol. The van der Waals surface area contributed by atoms with Crippen LogP contribution in [0.2, 0.25) is 0 Å². The molecule has 1 spiro atoms. The highest BCUT2D eigenvalue weighted by Gasteiger charge is 2.44. The molecule has 2 aromatic rings. The van der Waals surface area contributed by atoms with Crippen molar-refractivity contribution in [1.29, 1.82) is 0 Å². The van der Waals surface area contributed by atoms with Crippen molar-refractivity contribution in [3.63, 3.8) is 0 Å². The largest absolute Gasteiger partial charge is 0.477 e. The van der Waals surface area contributed by atoms with E-state index in [9.17, 15) is 9.59 Å². The Hall–Kier alpha value is -2.50. The zero-order valence-corrected chi connectivity index (χ0v) is 12.0. The third-order valence-corrected chi connectivity index (χ3v) is 4.63. The monoisotopic (exact) mass is 300 g/mol. The molecule has 1 aliphatic heterocycles. The Morgan fingerprint density at radius 3 is 2.86 bits per heavy atom. The predicted octanol–water partition coefficient (Wildman–Crippen LogP) is 2.64. The molecule has 1 amide bonds. The van der Waals surface area contributed by atoms with Crippen LogP contribution in [0.15, 0.2) is 28.9 Å². The second kappa shape index (κ2) is 4.50. The summed E-state index contributed by atoms with van der Waals surface area (Å²) in [5.41, 5.74) is 1.45. The van der Waals surface area contributed by atoms with E-state index >= 15 is 0 Å². The van der Waals surface area contributed by atoms with Crippen LogP contribution in [0, 0.1) is 5.41 Å². The SMILES string of the molecule is O=C(O)c1coc2cc(C(=O)N3CC=CCC4(CC4)C3)[nH]c12. The van der Waals surface area contributed by atoms with Gasteiger partial charge in [0.1, 0.15) is 17.5 Å². The average Bonchev–Trinajstić information content (AvgIpc) is 3.02. The van der Waals surface area contributed by atoms with Gasteiger partial charge in [0.25, 0.3) is 5.91 Å². The van der Waals surface area contributed by atoms with Crippen molar-refractivity contribution in [2.24, 2.45) is 5.41 Å². The summed E-state index contributed by atoms with van der Waals surface area (Å²) in [5.74, 6) is -1.19. The van der Waals surface area contributed by atoms with Crippen LogP contribution in [-0.2, 0) is 0 Å². The van der Waals surface area contributed by atoms with Gasteiger partial charge in [-0.25, -0.2) is 4.79 Å². The fourth-order valence-electron chi connectivity index (χ4n) is 3.12. The lowest BCUT2D eigenvalue weighted by Gasteiger charge is -2.23. The summed E-state index contributed by atoms with van der Waals surface area (Å²) < 4.78 is 5.21. The van der Waals surface area contributed by atoms with Crippen molar-refractivity contribution >= 4 is 23.0 Å². The fraction of sp³-hybridized carbons (Fsp3) is 0.375. The molecular formula is C16H16N2O4. The van der Waals surface area contributed by atoms with E-state index in [1.54, 1.807) is 6.07 Å². The first-order chi connectivity index (χ1) is 10.6. The second-order valence-electron chi connectivity index (χ2n) is 6.24. The van der Waals surface area contributed by atoms with Gasteiger partial charge in [0.2, 0.25) is 0 Å². The van der Waals surface area contributed by atoms with Gasteiger partial charge in [-0.15, -0.1) is 0 Å². The number of hydrogen-bond acceptors (Lipinski definition) is 3. The molecule has 22 heavy (non-hydrogen) atoms. The van der Waals surface area contributed by atoms with Crippen molar-refractivity contribution in [1.82, 2.24) is 9.88 Å². The molecule has 0 atom stereocenters. The molecule has 6 nitrogen and oxygen atoms in total. The summed E-state index contributed by atoms with van der Waals surface area (Å²) in [5, 5.41) is 9.10. The van der Waals surface area contributed by atoms with Crippen LogP contribution in [0.1, 0.15) is 40.1 Å². The minimum atomic E-state index is -1.07. The van der Waals surface area contributed by atoms with Crippen molar-refractivity contribution in [3.8, 4) is 0 Å². The summed E-state index contributed by atoms with van der Waals surface area (Å²) in [6, 6.07) is 1.58. The van der Waals surface area contributed by atoms with Gasteiger partial charge in [-0.2, -0.15) is 0 Å².